The monoisotopic (exact) mass is 248 g/mol. The topological polar surface area (TPSA) is 47.3 Å². The maximum atomic E-state index is 5.73. The van der Waals surface area contributed by atoms with Crippen LogP contribution in [0, 0.1) is 19.8 Å². The van der Waals surface area contributed by atoms with Crippen LogP contribution in [-0.2, 0) is 11.2 Å². The minimum absolute atomic E-state index is 0.296. The molecule has 3 unspecified atom stereocenters. The number of hydrazine groups is 1. The molecule has 1 aliphatic heterocycles. The molecule has 0 amide bonds. The molecule has 0 radical (unpaired) electrons. The predicted molar refractivity (Wildman–Crippen MR) is 74.3 cm³/mol. The molecule has 1 heterocycles. The molecular formula is C15H24N2O. The summed E-state index contributed by atoms with van der Waals surface area (Å²) in [6, 6.07) is 6.95. The summed E-state index contributed by atoms with van der Waals surface area (Å²) in [5.74, 6) is 6.24. The number of rotatable bonds is 4. The second-order valence-corrected chi connectivity index (χ2v) is 5.42. The van der Waals surface area contributed by atoms with E-state index in [-0.39, 0.29) is 0 Å². The molecule has 0 bridgehead atoms. The highest BCUT2D eigenvalue weighted by Crippen LogP contribution is 2.26. The fraction of sp³-hybridized carbons (Fsp3) is 0.600. The van der Waals surface area contributed by atoms with Crippen LogP contribution in [0.2, 0.25) is 0 Å². The van der Waals surface area contributed by atoms with E-state index in [9.17, 15) is 0 Å². The summed E-state index contributed by atoms with van der Waals surface area (Å²) in [5, 5.41) is 0. The Balaban J connectivity index is 2.07. The van der Waals surface area contributed by atoms with Crippen LogP contribution >= 0.6 is 0 Å². The van der Waals surface area contributed by atoms with Crippen molar-refractivity contribution in [1.82, 2.24) is 5.43 Å². The van der Waals surface area contributed by atoms with Crippen molar-refractivity contribution in [3.8, 4) is 0 Å². The van der Waals surface area contributed by atoms with Crippen molar-refractivity contribution >= 4 is 0 Å². The zero-order valence-electron chi connectivity index (χ0n) is 11.6. The van der Waals surface area contributed by atoms with Crippen LogP contribution in [0.5, 0.6) is 0 Å². The highest BCUT2D eigenvalue weighted by molar-refractivity contribution is 5.30. The van der Waals surface area contributed by atoms with Gasteiger partial charge in [-0.3, -0.25) is 11.3 Å². The SMILES string of the molecule is Cc1ccc(CC(NN)C2CCOC2C)cc1C. The molecule has 100 valence electrons. The van der Waals surface area contributed by atoms with E-state index in [4.69, 9.17) is 10.6 Å². The molecule has 1 aromatic carbocycles. The summed E-state index contributed by atoms with van der Waals surface area (Å²) in [7, 11) is 0. The fourth-order valence-corrected chi connectivity index (χ4v) is 2.79. The number of ether oxygens (including phenoxy) is 1. The molecule has 3 heteroatoms. The molecule has 2 rings (SSSR count). The van der Waals surface area contributed by atoms with E-state index in [0.717, 1.165) is 19.4 Å². The second kappa shape index (κ2) is 5.83. The van der Waals surface area contributed by atoms with E-state index in [0.29, 0.717) is 18.1 Å². The van der Waals surface area contributed by atoms with Gasteiger partial charge in [0.2, 0.25) is 0 Å². The van der Waals surface area contributed by atoms with Crippen molar-refractivity contribution in [2.24, 2.45) is 11.8 Å². The van der Waals surface area contributed by atoms with Gasteiger partial charge in [-0.1, -0.05) is 18.2 Å². The normalized spacial score (nSPS) is 25.3. The smallest absolute Gasteiger partial charge is 0.0591 e. The van der Waals surface area contributed by atoms with Gasteiger partial charge < -0.3 is 4.74 Å². The van der Waals surface area contributed by atoms with Gasteiger partial charge in [-0.2, -0.15) is 0 Å². The lowest BCUT2D eigenvalue weighted by atomic mass is 9.88. The van der Waals surface area contributed by atoms with Gasteiger partial charge in [0.15, 0.2) is 0 Å². The van der Waals surface area contributed by atoms with Crippen molar-refractivity contribution in [2.45, 2.75) is 45.8 Å². The van der Waals surface area contributed by atoms with Gasteiger partial charge in [-0.15, -0.1) is 0 Å². The first-order valence-electron chi connectivity index (χ1n) is 6.75. The fourth-order valence-electron chi connectivity index (χ4n) is 2.79. The summed E-state index contributed by atoms with van der Waals surface area (Å²) in [4.78, 5) is 0. The first-order chi connectivity index (χ1) is 8.61. The van der Waals surface area contributed by atoms with Crippen LogP contribution in [0.25, 0.3) is 0 Å². The average molecular weight is 248 g/mol. The van der Waals surface area contributed by atoms with E-state index < -0.39 is 0 Å². The number of benzene rings is 1. The lowest BCUT2D eigenvalue weighted by Crippen LogP contribution is -2.44. The average Bonchev–Trinajstić information content (AvgIpc) is 2.77. The third kappa shape index (κ3) is 2.91. The first-order valence-corrected chi connectivity index (χ1v) is 6.75. The Kier molecular flexibility index (Phi) is 4.38. The summed E-state index contributed by atoms with van der Waals surface area (Å²) >= 11 is 0. The quantitative estimate of drug-likeness (QED) is 0.633. The lowest BCUT2D eigenvalue weighted by Gasteiger charge is -2.25. The number of aryl methyl sites for hydroxylation is 2. The largest absolute Gasteiger partial charge is 0.378 e. The summed E-state index contributed by atoms with van der Waals surface area (Å²) in [5.41, 5.74) is 7.01. The zero-order chi connectivity index (χ0) is 13.1. The number of nitrogens with one attached hydrogen (secondary N) is 1. The number of hydrogen-bond donors (Lipinski definition) is 2. The molecule has 1 aliphatic rings. The highest BCUT2D eigenvalue weighted by atomic mass is 16.5. The molecule has 3 atom stereocenters. The molecule has 1 saturated heterocycles. The van der Waals surface area contributed by atoms with Crippen molar-refractivity contribution in [3.63, 3.8) is 0 Å². The van der Waals surface area contributed by atoms with Crippen molar-refractivity contribution in [3.05, 3.63) is 34.9 Å². The highest BCUT2D eigenvalue weighted by Gasteiger charge is 2.31. The molecule has 0 aliphatic carbocycles. The van der Waals surface area contributed by atoms with Gasteiger partial charge in [0.05, 0.1) is 6.10 Å². The van der Waals surface area contributed by atoms with E-state index >= 15 is 0 Å². The van der Waals surface area contributed by atoms with Crippen molar-refractivity contribution < 1.29 is 4.74 Å². The summed E-state index contributed by atoms with van der Waals surface area (Å²) < 4.78 is 5.63. The second-order valence-electron chi connectivity index (χ2n) is 5.42. The summed E-state index contributed by atoms with van der Waals surface area (Å²) in [6.45, 7) is 7.30. The Morgan fingerprint density at radius 2 is 2.17 bits per heavy atom. The maximum Gasteiger partial charge on any atom is 0.0591 e. The maximum absolute atomic E-state index is 5.73. The van der Waals surface area contributed by atoms with Crippen LogP contribution in [0.4, 0.5) is 0 Å². The van der Waals surface area contributed by atoms with E-state index in [1.807, 2.05) is 0 Å². The Labute approximate surface area is 110 Å². The minimum atomic E-state index is 0.296. The molecule has 0 spiro atoms. The van der Waals surface area contributed by atoms with Gasteiger partial charge in [0.1, 0.15) is 0 Å². The first kappa shape index (κ1) is 13.5. The van der Waals surface area contributed by atoms with Gasteiger partial charge in [-0.05, 0) is 50.3 Å². The van der Waals surface area contributed by atoms with Crippen LogP contribution in [0.15, 0.2) is 18.2 Å². The van der Waals surface area contributed by atoms with Gasteiger partial charge in [0.25, 0.3) is 0 Å². The van der Waals surface area contributed by atoms with E-state index in [2.05, 4.69) is 44.4 Å². The molecule has 0 saturated carbocycles. The van der Waals surface area contributed by atoms with E-state index in [1.54, 1.807) is 0 Å². The van der Waals surface area contributed by atoms with Crippen LogP contribution in [-0.4, -0.2) is 18.8 Å². The molecule has 18 heavy (non-hydrogen) atoms. The van der Waals surface area contributed by atoms with Gasteiger partial charge >= 0.3 is 0 Å². The molecule has 1 fully saturated rings. The zero-order valence-corrected chi connectivity index (χ0v) is 11.6. The molecule has 1 aromatic rings. The van der Waals surface area contributed by atoms with Crippen molar-refractivity contribution in [2.75, 3.05) is 6.61 Å². The third-order valence-electron chi connectivity index (χ3n) is 4.19. The van der Waals surface area contributed by atoms with Gasteiger partial charge in [0, 0.05) is 18.6 Å². The van der Waals surface area contributed by atoms with Crippen LogP contribution in [0.1, 0.15) is 30.0 Å². The minimum Gasteiger partial charge on any atom is -0.378 e. The summed E-state index contributed by atoms with van der Waals surface area (Å²) in [6.07, 6.45) is 2.37. The number of nitrogens with two attached hydrogens (primary N) is 1. The molecule has 3 nitrogen and oxygen atoms in total. The third-order valence-corrected chi connectivity index (χ3v) is 4.19. The molecule has 3 N–H and O–H groups in total. The lowest BCUT2D eigenvalue weighted by molar-refractivity contribution is 0.0954. The van der Waals surface area contributed by atoms with Crippen LogP contribution < -0.4 is 11.3 Å². The Morgan fingerprint density at radius 1 is 1.39 bits per heavy atom. The van der Waals surface area contributed by atoms with Gasteiger partial charge in [-0.25, -0.2) is 0 Å². The van der Waals surface area contributed by atoms with E-state index in [1.165, 1.54) is 16.7 Å². The number of hydrogen-bond acceptors (Lipinski definition) is 3. The molecular weight excluding hydrogens is 224 g/mol. The standard InChI is InChI=1S/C15H24N2O/c1-10-4-5-13(8-11(10)2)9-15(17-16)14-6-7-18-12(14)3/h4-5,8,12,14-15,17H,6-7,9,16H2,1-3H3. The van der Waals surface area contributed by atoms with Crippen molar-refractivity contribution in [1.29, 1.82) is 0 Å². The Bertz CT molecular complexity index is 405. The Morgan fingerprint density at radius 3 is 2.72 bits per heavy atom. The Hall–Kier alpha value is -0.900. The van der Waals surface area contributed by atoms with Crippen LogP contribution in [0.3, 0.4) is 0 Å². The molecule has 0 aromatic heterocycles. The predicted octanol–water partition coefficient (Wildman–Crippen LogP) is 2.10.